The minimum Gasteiger partial charge on any atom is -0.350 e. The Morgan fingerprint density at radius 1 is 1.46 bits per heavy atom. The summed E-state index contributed by atoms with van der Waals surface area (Å²) >= 11 is -1.84. The highest BCUT2D eigenvalue weighted by Crippen LogP contribution is 2.42. The summed E-state index contributed by atoms with van der Waals surface area (Å²) in [5.41, 5.74) is -3.20. The normalized spacial score (nSPS) is 42.2. The summed E-state index contributed by atoms with van der Waals surface area (Å²) in [5.74, 6) is 0. The van der Waals surface area contributed by atoms with E-state index in [1.807, 2.05) is 0 Å². The van der Waals surface area contributed by atoms with Gasteiger partial charge in [0, 0.05) is 12.0 Å². The van der Waals surface area contributed by atoms with Crippen LogP contribution >= 0.6 is 0 Å². The van der Waals surface area contributed by atoms with Crippen molar-refractivity contribution in [3.63, 3.8) is 0 Å². The third-order valence-corrected chi connectivity index (χ3v) is 5.04. The number of hydrogen-bond acceptors (Lipinski definition) is 6. The molecule has 10 heteroatoms. The molecule has 0 aromatic carbocycles. The summed E-state index contributed by atoms with van der Waals surface area (Å²) in [5, 5.41) is 11.9. The van der Waals surface area contributed by atoms with Crippen molar-refractivity contribution in [2.45, 2.75) is 49.9 Å². The smallest absolute Gasteiger partial charge is 0.350 e. The Labute approximate surface area is 139 Å². The number of halogens is 3. The minimum absolute atomic E-state index is 0.0707. The first-order chi connectivity index (χ1) is 11.1. The van der Waals surface area contributed by atoms with Gasteiger partial charge in [-0.05, 0) is 19.9 Å². The van der Waals surface area contributed by atoms with Gasteiger partial charge in [-0.15, -0.1) is 0 Å². The lowest BCUT2D eigenvalue weighted by molar-refractivity contribution is -0.0963. The molecule has 3 aliphatic rings. The Hall–Kier alpha value is -1.25. The molecule has 0 amide bonds. The van der Waals surface area contributed by atoms with E-state index in [-0.39, 0.29) is 18.6 Å². The first kappa shape index (κ1) is 17.6. The van der Waals surface area contributed by atoms with E-state index < -0.39 is 46.6 Å². The van der Waals surface area contributed by atoms with Crippen LogP contribution in [0.2, 0.25) is 0 Å². The number of nitrogens with one attached hydrogen (secondary N) is 1. The molecule has 0 aromatic heterocycles. The molecule has 0 bridgehead atoms. The molecule has 0 aromatic rings. The van der Waals surface area contributed by atoms with Crippen LogP contribution in [0.15, 0.2) is 23.3 Å². The molecule has 1 N–H and O–H groups in total. The van der Waals surface area contributed by atoms with Gasteiger partial charge in [0.05, 0.1) is 23.8 Å². The second-order valence-electron chi connectivity index (χ2n) is 6.41. The fourth-order valence-electron chi connectivity index (χ4n) is 2.86. The number of hydrogen-bond donors (Lipinski definition) is 1. The molecule has 6 nitrogen and oxygen atoms in total. The molecular formula is C14H15F3N2O4S. The Balaban J connectivity index is 1.69. The molecule has 2 saturated heterocycles. The van der Waals surface area contributed by atoms with E-state index in [1.54, 1.807) is 19.9 Å². The number of allylic oxidation sites excluding steroid dienone is 2. The third kappa shape index (κ3) is 3.27. The topological polar surface area (TPSA) is 83.9 Å². The number of nitrogens with zero attached hydrogens (tertiary/aromatic N) is 1. The van der Waals surface area contributed by atoms with E-state index in [2.05, 4.69) is 5.32 Å². The summed E-state index contributed by atoms with van der Waals surface area (Å²) in [6.45, 7) is 3.33. The highest BCUT2D eigenvalue weighted by Gasteiger charge is 2.59. The van der Waals surface area contributed by atoms with Crippen molar-refractivity contribution in [2.75, 3.05) is 6.61 Å². The fraction of sp³-hybridized carbons (Fsp3) is 0.643. The summed E-state index contributed by atoms with van der Waals surface area (Å²) in [7, 11) is 0. The van der Waals surface area contributed by atoms with Gasteiger partial charge in [0.15, 0.2) is 0 Å². The maximum atomic E-state index is 13.1. The van der Waals surface area contributed by atoms with Crippen LogP contribution in [0, 0.1) is 11.3 Å². The van der Waals surface area contributed by atoms with Crippen molar-refractivity contribution < 1.29 is 30.5 Å². The van der Waals surface area contributed by atoms with Gasteiger partial charge in [-0.2, -0.15) is 22.6 Å². The first-order valence-electron chi connectivity index (χ1n) is 7.14. The molecule has 3 rings (SSSR count). The summed E-state index contributed by atoms with van der Waals surface area (Å²) in [6, 6.07) is 1.58. The Morgan fingerprint density at radius 2 is 2.17 bits per heavy atom. The lowest BCUT2D eigenvalue weighted by atomic mass is 9.84. The van der Waals surface area contributed by atoms with Crippen LogP contribution in [0.1, 0.15) is 20.3 Å². The number of ether oxygens (including phenoxy) is 1. The van der Waals surface area contributed by atoms with Crippen LogP contribution in [0.3, 0.4) is 0 Å². The standard InChI is InChI=1S/C14H15F3N2O4S/c1-12(4-3-8(6-18)9(5-12)14(15,16)17)19-11-10(22-11)13(2)7-21-24(20)23-13/h3-4,10-11,19H,5,7H2,1-2H3. The second kappa shape index (κ2) is 5.64. The quantitative estimate of drug-likeness (QED) is 0.769. The van der Waals surface area contributed by atoms with Crippen LogP contribution in [-0.4, -0.2) is 40.5 Å². The molecule has 132 valence electrons. The molecule has 24 heavy (non-hydrogen) atoms. The second-order valence-corrected chi connectivity index (χ2v) is 7.22. The van der Waals surface area contributed by atoms with E-state index in [9.17, 15) is 17.4 Å². The van der Waals surface area contributed by atoms with Crippen LogP contribution in [0.4, 0.5) is 13.2 Å². The zero-order valence-electron chi connectivity index (χ0n) is 12.8. The van der Waals surface area contributed by atoms with Gasteiger partial charge in [-0.25, -0.2) is 0 Å². The monoisotopic (exact) mass is 364 g/mol. The summed E-state index contributed by atoms with van der Waals surface area (Å²) < 4.78 is 66.1. The number of epoxide rings is 1. The largest absolute Gasteiger partial charge is 0.414 e. The molecule has 5 atom stereocenters. The van der Waals surface area contributed by atoms with Crippen molar-refractivity contribution in [1.29, 1.82) is 5.26 Å². The van der Waals surface area contributed by atoms with Crippen LogP contribution in [0.5, 0.6) is 0 Å². The highest BCUT2D eigenvalue weighted by molar-refractivity contribution is 7.75. The van der Waals surface area contributed by atoms with Gasteiger partial charge in [-0.1, -0.05) is 6.08 Å². The molecule has 0 radical (unpaired) electrons. The minimum atomic E-state index is -4.58. The van der Waals surface area contributed by atoms with Crippen molar-refractivity contribution >= 4 is 11.4 Å². The predicted molar refractivity (Wildman–Crippen MR) is 76.2 cm³/mol. The molecule has 5 unspecified atom stereocenters. The molecule has 2 aliphatic heterocycles. The third-order valence-electron chi connectivity index (χ3n) is 4.22. The fourth-order valence-corrected chi connectivity index (χ4v) is 3.69. The maximum Gasteiger partial charge on any atom is 0.414 e. The molecule has 2 heterocycles. The van der Waals surface area contributed by atoms with Crippen molar-refractivity contribution in [3.8, 4) is 6.07 Å². The van der Waals surface area contributed by atoms with E-state index in [4.69, 9.17) is 18.4 Å². The van der Waals surface area contributed by atoms with Crippen LogP contribution < -0.4 is 5.32 Å². The van der Waals surface area contributed by atoms with Crippen molar-refractivity contribution in [2.24, 2.45) is 0 Å². The van der Waals surface area contributed by atoms with E-state index in [1.165, 1.54) is 12.2 Å². The number of rotatable bonds is 3. The summed E-state index contributed by atoms with van der Waals surface area (Å²) in [4.78, 5) is 0. The van der Waals surface area contributed by atoms with Crippen molar-refractivity contribution in [3.05, 3.63) is 23.3 Å². The zero-order chi connectivity index (χ0) is 17.8. The summed E-state index contributed by atoms with van der Waals surface area (Å²) in [6.07, 6.45) is -3.31. The lowest BCUT2D eigenvalue weighted by Crippen LogP contribution is -2.48. The SMILES string of the molecule is CC1(NC2OC2C2(C)COS(=O)O2)C=CC(C#N)=C(C(F)(F)F)C1. The average Bonchev–Trinajstić information content (AvgIpc) is 3.15. The number of nitriles is 1. The average molecular weight is 364 g/mol. The van der Waals surface area contributed by atoms with Gasteiger partial charge in [0.2, 0.25) is 0 Å². The lowest BCUT2D eigenvalue weighted by Gasteiger charge is -2.32. The van der Waals surface area contributed by atoms with E-state index in [0.717, 1.165) is 0 Å². The van der Waals surface area contributed by atoms with Gasteiger partial charge in [0.25, 0.3) is 0 Å². The molecule has 2 fully saturated rings. The van der Waals surface area contributed by atoms with Gasteiger partial charge in [-0.3, -0.25) is 13.7 Å². The molecule has 1 aliphatic carbocycles. The van der Waals surface area contributed by atoms with Gasteiger partial charge < -0.3 is 4.74 Å². The van der Waals surface area contributed by atoms with E-state index >= 15 is 0 Å². The highest BCUT2D eigenvalue weighted by atomic mass is 32.2. The number of alkyl halides is 3. The zero-order valence-corrected chi connectivity index (χ0v) is 13.7. The van der Waals surface area contributed by atoms with Crippen LogP contribution in [-0.2, 0) is 24.5 Å². The Bertz CT molecular complexity index is 686. The van der Waals surface area contributed by atoms with Crippen molar-refractivity contribution in [1.82, 2.24) is 5.32 Å². The maximum absolute atomic E-state index is 13.1. The van der Waals surface area contributed by atoms with Gasteiger partial charge in [0.1, 0.15) is 17.9 Å². The molecule has 0 spiro atoms. The van der Waals surface area contributed by atoms with E-state index in [0.29, 0.717) is 0 Å². The Morgan fingerprint density at radius 3 is 2.71 bits per heavy atom. The molecule has 0 saturated carbocycles. The first-order valence-corrected chi connectivity index (χ1v) is 8.14. The predicted octanol–water partition coefficient (Wildman–Crippen LogP) is 1.79. The molecular weight excluding hydrogens is 349 g/mol. The Kier molecular flexibility index (Phi) is 4.13. The van der Waals surface area contributed by atoms with Gasteiger partial charge >= 0.3 is 17.5 Å². The van der Waals surface area contributed by atoms with Crippen LogP contribution in [0.25, 0.3) is 0 Å².